The Morgan fingerprint density at radius 2 is 2.06 bits per heavy atom. The van der Waals surface area contributed by atoms with Gasteiger partial charge in [-0.2, -0.15) is 0 Å². The molecule has 0 aromatic rings. The van der Waals surface area contributed by atoms with Crippen LogP contribution >= 0.6 is 0 Å². The molecule has 0 aliphatic rings. The monoisotopic (exact) mass is 230 g/mol. The second-order valence-corrected chi connectivity index (χ2v) is 3.77. The summed E-state index contributed by atoms with van der Waals surface area (Å²) >= 11 is 0. The standard InChI is InChI=1S/C11H22N2O3/c1-5-6-7-9(11(15)16-4)13(3)8-10(14)12-2/h9H,5-8H2,1-4H3,(H,12,14). The molecule has 0 aliphatic heterocycles. The van der Waals surface area contributed by atoms with E-state index in [0.717, 1.165) is 19.3 Å². The molecule has 16 heavy (non-hydrogen) atoms. The molecule has 1 N–H and O–H groups in total. The summed E-state index contributed by atoms with van der Waals surface area (Å²) in [5.74, 6) is -0.382. The number of nitrogens with one attached hydrogen (secondary N) is 1. The van der Waals surface area contributed by atoms with Gasteiger partial charge in [0.1, 0.15) is 6.04 Å². The zero-order chi connectivity index (χ0) is 12.6. The third-order valence-electron chi connectivity index (χ3n) is 2.51. The van der Waals surface area contributed by atoms with Crippen molar-refractivity contribution in [2.75, 3.05) is 27.7 Å². The van der Waals surface area contributed by atoms with Gasteiger partial charge in [0.05, 0.1) is 13.7 Å². The van der Waals surface area contributed by atoms with Crippen LogP contribution < -0.4 is 5.32 Å². The van der Waals surface area contributed by atoms with Crippen molar-refractivity contribution in [1.29, 1.82) is 0 Å². The number of carbonyl (C=O) groups is 2. The van der Waals surface area contributed by atoms with E-state index in [0.29, 0.717) is 0 Å². The summed E-state index contributed by atoms with van der Waals surface area (Å²) in [6, 6.07) is -0.331. The average Bonchev–Trinajstić information content (AvgIpc) is 2.28. The first-order valence-corrected chi connectivity index (χ1v) is 5.55. The molecular formula is C11H22N2O3. The van der Waals surface area contributed by atoms with Crippen molar-refractivity contribution in [3.05, 3.63) is 0 Å². The maximum absolute atomic E-state index is 11.5. The van der Waals surface area contributed by atoms with E-state index < -0.39 is 0 Å². The molecule has 0 heterocycles. The summed E-state index contributed by atoms with van der Waals surface area (Å²) in [6.07, 6.45) is 2.68. The first-order chi connectivity index (χ1) is 7.56. The van der Waals surface area contributed by atoms with E-state index in [1.165, 1.54) is 7.11 Å². The van der Waals surface area contributed by atoms with Crippen LogP contribution in [0.2, 0.25) is 0 Å². The summed E-state index contributed by atoms with van der Waals surface area (Å²) in [5.41, 5.74) is 0. The SMILES string of the molecule is CCCCC(C(=O)OC)N(C)CC(=O)NC. The van der Waals surface area contributed by atoms with Crippen LogP contribution in [0.5, 0.6) is 0 Å². The fourth-order valence-corrected chi connectivity index (χ4v) is 1.47. The Morgan fingerprint density at radius 1 is 1.44 bits per heavy atom. The second-order valence-electron chi connectivity index (χ2n) is 3.77. The lowest BCUT2D eigenvalue weighted by Gasteiger charge is -2.24. The molecule has 0 radical (unpaired) electrons. The highest BCUT2D eigenvalue weighted by atomic mass is 16.5. The molecule has 94 valence electrons. The minimum Gasteiger partial charge on any atom is -0.468 e. The fraction of sp³-hybridized carbons (Fsp3) is 0.818. The highest BCUT2D eigenvalue weighted by Crippen LogP contribution is 2.08. The Morgan fingerprint density at radius 3 is 2.50 bits per heavy atom. The zero-order valence-corrected chi connectivity index (χ0v) is 10.6. The van der Waals surface area contributed by atoms with Crippen LogP contribution in [-0.2, 0) is 14.3 Å². The highest BCUT2D eigenvalue weighted by molar-refractivity contribution is 5.80. The van der Waals surface area contributed by atoms with Crippen molar-refractivity contribution in [3.8, 4) is 0 Å². The topological polar surface area (TPSA) is 58.6 Å². The van der Waals surface area contributed by atoms with Crippen molar-refractivity contribution < 1.29 is 14.3 Å². The number of methoxy groups -OCH3 is 1. The highest BCUT2D eigenvalue weighted by Gasteiger charge is 2.24. The number of likely N-dealkylation sites (N-methyl/N-ethyl adjacent to an activating group) is 2. The predicted octanol–water partition coefficient (Wildman–Crippen LogP) is 0.396. The molecule has 1 amide bonds. The van der Waals surface area contributed by atoms with E-state index in [1.807, 2.05) is 0 Å². The Kier molecular flexibility index (Phi) is 7.54. The van der Waals surface area contributed by atoms with Crippen molar-refractivity contribution in [2.24, 2.45) is 0 Å². The number of carbonyl (C=O) groups excluding carboxylic acids is 2. The van der Waals surface area contributed by atoms with Crippen LogP contribution in [0, 0.1) is 0 Å². The average molecular weight is 230 g/mol. The Balaban J connectivity index is 4.36. The van der Waals surface area contributed by atoms with E-state index in [4.69, 9.17) is 4.74 Å². The number of hydrogen-bond donors (Lipinski definition) is 1. The van der Waals surface area contributed by atoms with E-state index in [1.54, 1.807) is 19.0 Å². The minimum atomic E-state index is -0.331. The van der Waals surface area contributed by atoms with E-state index >= 15 is 0 Å². The van der Waals surface area contributed by atoms with Crippen LogP contribution in [0.4, 0.5) is 0 Å². The molecule has 1 unspecified atom stereocenters. The molecule has 0 rings (SSSR count). The van der Waals surface area contributed by atoms with Crippen LogP contribution in [0.1, 0.15) is 26.2 Å². The second kappa shape index (κ2) is 8.10. The molecule has 1 atom stereocenters. The van der Waals surface area contributed by atoms with Crippen molar-refractivity contribution in [3.63, 3.8) is 0 Å². The maximum atomic E-state index is 11.5. The molecule has 0 spiro atoms. The summed E-state index contributed by atoms with van der Waals surface area (Å²) in [4.78, 5) is 24.5. The van der Waals surface area contributed by atoms with Crippen molar-refractivity contribution >= 4 is 11.9 Å². The van der Waals surface area contributed by atoms with E-state index in [9.17, 15) is 9.59 Å². The van der Waals surface area contributed by atoms with Gasteiger partial charge in [0.25, 0.3) is 0 Å². The van der Waals surface area contributed by atoms with Gasteiger partial charge in [-0.3, -0.25) is 14.5 Å². The van der Waals surface area contributed by atoms with Crippen LogP contribution in [0.15, 0.2) is 0 Å². The Hall–Kier alpha value is -1.10. The largest absolute Gasteiger partial charge is 0.468 e. The van der Waals surface area contributed by atoms with Crippen LogP contribution in [-0.4, -0.2) is 50.6 Å². The van der Waals surface area contributed by atoms with E-state index in [-0.39, 0.29) is 24.5 Å². The summed E-state index contributed by atoms with van der Waals surface area (Å²) in [6.45, 7) is 2.27. The Labute approximate surface area is 97.1 Å². The van der Waals surface area contributed by atoms with Gasteiger partial charge in [0.15, 0.2) is 0 Å². The molecule has 0 saturated carbocycles. The first-order valence-electron chi connectivity index (χ1n) is 5.55. The van der Waals surface area contributed by atoms with Crippen LogP contribution in [0.25, 0.3) is 0 Å². The quantitative estimate of drug-likeness (QED) is 0.643. The number of hydrogen-bond acceptors (Lipinski definition) is 4. The number of esters is 1. The van der Waals surface area contributed by atoms with Crippen molar-refractivity contribution in [1.82, 2.24) is 10.2 Å². The van der Waals surface area contributed by atoms with Crippen molar-refractivity contribution in [2.45, 2.75) is 32.2 Å². The number of amides is 1. The van der Waals surface area contributed by atoms with Gasteiger partial charge in [0.2, 0.25) is 5.91 Å². The lowest BCUT2D eigenvalue weighted by Crippen LogP contribution is -2.44. The third-order valence-corrected chi connectivity index (χ3v) is 2.51. The predicted molar refractivity (Wildman–Crippen MR) is 62.0 cm³/mol. The lowest BCUT2D eigenvalue weighted by molar-refractivity contribution is -0.147. The molecule has 0 fully saturated rings. The molecule has 0 saturated heterocycles. The third kappa shape index (κ3) is 5.11. The minimum absolute atomic E-state index is 0.104. The summed E-state index contributed by atoms with van der Waals surface area (Å²) in [5, 5.41) is 2.53. The summed E-state index contributed by atoms with van der Waals surface area (Å²) < 4.78 is 4.73. The molecule has 0 aromatic carbocycles. The molecule has 5 nitrogen and oxygen atoms in total. The van der Waals surface area contributed by atoms with E-state index in [2.05, 4.69) is 12.2 Å². The number of ether oxygens (including phenoxy) is 1. The first kappa shape index (κ1) is 14.9. The van der Waals surface area contributed by atoms with Gasteiger partial charge >= 0.3 is 5.97 Å². The number of rotatable bonds is 7. The van der Waals surface area contributed by atoms with Gasteiger partial charge in [-0.1, -0.05) is 19.8 Å². The smallest absolute Gasteiger partial charge is 0.323 e. The fourth-order valence-electron chi connectivity index (χ4n) is 1.47. The molecule has 5 heteroatoms. The molecule has 0 aromatic heterocycles. The molecule has 0 bridgehead atoms. The lowest BCUT2D eigenvalue weighted by atomic mass is 10.1. The van der Waals surface area contributed by atoms with Gasteiger partial charge < -0.3 is 10.1 Å². The van der Waals surface area contributed by atoms with Gasteiger partial charge in [-0.25, -0.2) is 0 Å². The summed E-state index contributed by atoms with van der Waals surface area (Å²) in [7, 11) is 4.71. The maximum Gasteiger partial charge on any atom is 0.323 e. The Bertz CT molecular complexity index is 231. The van der Waals surface area contributed by atoms with Gasteiger partial charge in [0, 0.05) is 7.05 Å². The molecule has 0 aliphatic carbocycles. The zero-order valence-electron chi connectivity index (χ0n) is 10.6. The number of unbranched alkanes of at least 4 members (excludes halogenated alkanes) is 1. The normalized spacial score (nSPS) is 12.3. The van der Waals surface area contributed by atoms with Gasteiger partial charge in [-0.05, 0) is 13.5 Å². The van der Waals surface area contributed by atoms with Gasteiger partial charge in [-0.15, -0.1) is 0 Å². The molecular weight excluding hydrogens is 208 g/mol. The van der Waals surface area contributed by atoms with Crippen LogP contribution in [0.3, 0.4) is 0 Å². The number of nitrogens with zero attached hydrogens (tertiary/aromatic N) is 1.